The van der Waals surface area contributed by atoms with Crippen molar-refractivity contribution in [1.82, 2.24) is 4.90 Å². The molecule has 1 unspecified atom stereocenters. The zero-order chi connectivity index (χ0) is 16.7. The SMILES string of the molecule is CN(C)c1ccc(NC(=O)N(CCC#N)CC2CCCO2)cc1. The summed E-state index contributed by atoms with van der Waals surface area (Å²) in [6, 6.07) is 9.57. The van der Waals surface area contributed by atoms with Crippen molar-refractivity contribution < 1.29 is 9.53 Å². The Morgan fingerprint density at radius 3 is 2.70 bits per heavy atom. The third kappa shape index (κ3) is 5.15. The number of carbonyl (C=O) groups is 1. The van der Waals surface area contributed by atoms with Crippen LogP contribution in [0.2, 0.25) is 0 Å². The number of rotatable bonds is 6. The van der Waals surface area contributed by atoms with Gasteiger partial charge in [-0.05, 0) is 37.1 Å². The van der Waals surface area contributed by atoms with Crippen molar-refractivity contribution >= 4 is 17.4 Å². The van der Waals surface area contributed by atoms with Crippen LogP contribution in [0.25, 0.3) is 0 Å². The molecule has 6 heteroatoms. The van der Waals surface area contributed by atoms with E-state index < -0.39 is 0 Å². The maximum absolute atomic E-state index is 12.5. The molecule has 1 aromatic carbocycles. The maximum atomic E-state index is 12.5. The van der Waals surface area contributed by atoms with Crippen LogP contribution in [0.15, 0.2) is 24.3 Å². The van der Waals surface area contributed by atoms with Crippen LogP contribution in [0, 0.1) is 11.3 Å². The summed E-state index contributed by atoms with van der Waals surface area (Å²) >= 11 is 0. The van der Waals surface area contributed by atoms with Gasteiger partial charge in [0.15, 0.2) is 0 Å². The predicted molar refractivity (Wildman–Crippen MR) is 90.6 cm³/mol. The Morgan fingerprint density at radius 1 is 1.39 bits per heavy atom. The largest absolute Gasteiger partial charge is 0.378 e. The Morgan fingerprint density at radius 2 is 2.13 bits per heavy atom. The third-order valence-corrected chi connectivity index (χ3v) is 3.86. The van der Waals surface area contributed by atoms with E-state index in [1.54, 1.807) is 4.90 Å². The molecule has 1 fully saturated rings. The third-order valence-electron chi connectivity index (χ3n) is 3.86. The van der Waals surface area contributed by atoms with E-state index in [9.17, 15) is 4.79 Å². The Kier molecular flexibility index (Phi) is 6.24. The van der Waals surface area contributed by atoms with Gasteiger partial charge in [-0.2, -0.15) is 5.26 Å². The average molecular weight is 316 g/mol. The lowest BCUT2D eigenvalue weighted by Crippen LogP contribution is -2.40. The van der Waals surface area contributed by atoms with Crippen molar-refractivity contribution in [2.45, 2.75) is 25.4 Å². The van der Waals surface area contributed by atoms with Crippen LogP contribution >= 0.6 is 0 Å². The zero-order valence-electron chi connectivity index (χ0n) is 13.8. The highest BCUT2D eigenvalue weighted by molar-refractivity contribution is 5.89. The van der Waals surface area contributed by atoms with Gasteiger partial charge in [0.1, 0.15) is 0 Å². The normalized spacial score (nSPS) is 16.7. The van der Waals surface area contributed by atoms with Crippen molar-refractivity contribution in [2.75, 3.05) is 44.0 Å². The molecule has 0 saturated carbocycles. The van der Waals surface area contributed by atoms with Crippen LogP contribution in [-0.2, 0) is 4.74 Å². The smallest absolute Gasteiger partial charge is 0.321 e. The molecule has 1 saturated heterocycles. The predicted octanol–water partition coefficient (Wildman–Crippen LogP) is 2.68. The fourth-order valence-corrected chi connectivity index (χ4v) is 2.54. The molecule has 0 aromatic heterocycles. The first kappa shape index (κ1) is 17.1. The summed E-state index contributed by atoms with van der Waals surface area (Å²) in [5, 5.41) is 11.7. The minimum atomic E-state index is -0.187. The highest BCUT2D eigenvalue weighted by atomic mass is 16.5. The van der Waals surface area contributed by atoms with E-state index in [-0.39, 0.29) is 12.1 Å². The summed E-state index contributed by atoms with van der Waals surface area (Å²) in [7, 11) is 3.94. The molecule has 1 atom stereocenters. The molecule has 0 aliphatic carbocycles. The van der Waals surface area contributed by atoms with Gasteiger partial charge < -0.3 is 19.9 Å². The number of carbonyl (C=O) groups excluding carboxylic acids is 1. The molecule has 0 bridgehead atoms. The Hall–Kier alpha value is -2.26. The Labute approximate surface area is 137 Å². The summed E-state index contributed by atoms with van der Waals surface area (Å²) < 4.78 is 5.60. The first-order valence-electron chi connectivity index (χ1n) is 7.92. The molecular formula is C17H24N4O2. The number of benzene rings is 1. The van der Waals surface area contributed by atoms with Crippen molar-refractivity contribution in [3.05, 3.63) is 24.3 Å². The van der Waals surface area contributed by atoms with E-state index in [1.165, 1.54) is 0 Å². The second kappa shape index (κ2) is 8.39. The number of nitriles is 1. The molecule has 2 rings (SSSR count). The fraction of sp³-hybridized carbons (Fsp3) is 0.529. The van der Waals surface area contributed by atoms with Gasteiger partial charge in [0, 0.05) is 45.2 Å². The van der Waals surface area contributed by atoms with E-state index in [0.717, 1.165) is 30.8 Å². The van der Waals surface area contributed by atoms with Crippen molar-refractivity contribution in [3.8, 4) is 6.07 Å². The first-order chi connectivity index (χ1) is 11.1. The van der Waals surface area contributed by atoms with Gasteiger partial charge >= 0.3 is 6.03 Å². The van der Waals surface area contributed by atoms with Gasteiger partial charge in [0.25, 0.3) is 0 Å². The lowest BCUT2D eigenvalue weighted by atomic mass is 10.2. The molecule has 1 N–H and O–H groups in total. The molecule has 2 amide bonds. The first-order valence-corrected chi connectivity index (χ1v) is 7.92. The summed E-state index contributed by atoms with van der Waals surface area (Å²) in [4.78, 5) is 16.1. The highest BCUT2D eigenvalue weighted by Gasteiger charge is 2.22. The van der Waals surface area contributed by atoms with Crippen LogP contribution in [0.5, 0.6) is 0 Å². The van der Waals surface area contributed by atoms with Crippen LogP contribution in [0.3, 0.4) is 0 Å². The number of urea groups is 1. The second-order valence-electron chi connectivity index (χ2n) is 5.86. The van der Waals surface area contributed by atoms with Gasteiger partial charge in [-0.3, -0.25) is 0 Å². The highest BCUT2D eigenvalue weighted by Crippen LogP contribution is 2.17. The van der Waals surface area contributed by atoms with Gasteiger partial charge in [0.05, 0.1) is 18.6 Å². The van der Waals surface area contributed by atoms with Crippen LogP contribution in [0.1, 0.15) is 19.3 Å². The lowest BCUT2D eigenvalue weighted by molar-refractivity contribution is 0.0841. The standard InChI is InChI=1S/C17H24N4O2/c1-20(2)15-8-6-14(7-9-15)19-17(22)21(11-4-10-18)13-16-5-3-12-23-16/h6-9,16H,3-5,11-13H2,1-2H3,(H,19,22). The van der Waals surface area contributed by atoms with Crippen LogP contribution in [0.4, 0.5) is 16.2 Å². The van der Waals surface area contributed by atoms with Crippen LogP contribution < -0.4 is 10.2 Å². The minimum absolute atomic E-state index is 0.0792. The number of nitrogens with one attached hydrogen (secondary N) is 1. The number of anilines is 2. The summed E-state index contributed by atoms with van der Waals surface area (Å²) in [5.41, 5.74) is 1.82. The average Bonchev–Trinajstić information content (AvgIpc) is 3.05. The molecular weight excluding hydrogens is 292 g/mol. The summed E-state index contributed by atoms with van der Waals surface area (Å²) in [6.07, 6.45) is 2.40. The Balaban J connectivity index is 1.96. The topological polar surface area (TPSA) is 68.6 Å². The quantitative estimate of drug-likeness (QED) is 0.876. The van der Waals surface area contributed by atoms with Crippen molar-refractivity contribution in [3.63, 3.8) is 0 Å². The van der Waals surface area contributed by atoms with E-state index in [4.69, 9.17) is 10.00 Å². The van der Waals surface area contributed by atoms with E-state index in [2.05, 4.69) is 11.4 Å². The second-order valence-corrected chi connectivity index (χ2v) is 5.86. The number of nitrogens with zero attached hydrogens (tertiary/aromatic N) is 3. The van der Waals surface area contributed by atoms with E-state index >= 15 is 0 Å². The molecule has 124 valence electrons. The minimum Gasteiger partial charge on any atom is -0.378 e. The monoisotopic (exact) mass is 316 g/mol. The van der Waals surface area contributed by atoms with Crippen molar-refractivity contribution in [1.29, 1.82) is 5.26 Å². The molecule has 0 radical (unpaired) electrons. The fourth-order valence-electron chi connectivity index (χ4n) is 2.54. The molecule has 1 heterocycles. The number of hydrogen-bond acceptors (Lipinski definition) is 4. The molecule has 6 nitrogen and oxygen atoms in total. The Bertz CT molecular complexity index is 545. The zero-order valence-corrected chi connectivity index (χ0v) is 13.8. The van der Waals surface area contributed by atoms with Gasteiger partial charge in [-0.25, -0.2) is 4.79 Å². The number of hydrogen-bond donors (Lipinski definition) is 1. The van der Waals surface area contributed by atoms with Crippen molar-refractivity contribution in [2.24, 2.45) is 0 Å². The molecule has 1 aliphatic rings. The molecule has 1 aliphatic heterocycles. The number of ether oxygens (including phenoxy) is 1. The molecule has 1 aromatic rings. The lowest BCUT2D eigenvalue weighted by Gasteiger charge is -2.25. The van der Waals surface area contributed by atoms with Gasteiger partial charge in [0.2, 0.25) is 0 Å². The van der Waals surface area contributed by atoms with Crippen LogP contribution in [-0.4, -0.2) is 50.8 Å². The van der Waals surface area contributed by atoms with Gasteiger partial charge in [-0.1, -0.05) is 0 Å². The molecule has 0 spiro atoms. The number of amides is 2. The maximum Gasteiger partial charge on any atom is 0.321 e. The summed E-state index contributed by atoms with van der Waals surface area (Å²) in [5.74, 6) is 0. The van der Waals surface area contributed by atoms with Gasteiger partial charge in [-0.15, -0.1) is 0 Å². The van der Waals surface area contributed by atoms with E-state index in [1.807, 2.05) is 43.3 Å². The van der Waals surface area contributed by atoms with E-state index in [0.29, 0.717) is 19.5 Å². The molecule has 23 heavy (non-hydrogen) atoms. The summed E-state index contributed by atoms with van der Waals surface area (Å²) in [6.45, 7) is 1.70.